The van der Waals surface area contributed by atoms with E-state index in [4.69, 9.17) is 0 Å². The Morgan fingerprint density at radius 2 is 2.00 bits per heavy atom. The number of nitrogens with one attached hydrogen (secondary N) is 1. The predicted molar refractivity (Wildman–Crippen MR) is 82.5 cm³/mol. The van der Waals surface area contributed by atoms with Gasteiger partial charge in [-0.3, -0.25) is 4.90 Å². The monoisotopic (exact) mass is 267 g/mol. The van der Waals surface area contributed by atoms with Crippen molar-refractivity contribution in [1.29, 1.82) is 0 Å². The fourth-order valence-electron chi connectivity index (χ4n) is 3.55. The van der Waals surface area contributed by atoms with Crippen molar-refractivity contribution >= 4 is 0 Å². The van der Waals surface area contributed by atoms with Crippen molar-refractivity contribution in [2.75, 3.05) is 45.8 Å². The molecule has 112 valence electrons. The standard InChI is InChI=1S/C16H33N3/c1-4-18-8-5-6-16(13-18)19-9-7-15(12-19)11-17-10-14(2)3/h14-17H,4-13H2,1-3H3. The van der Waals surface area contributed by atoms with E-state index < -0.39 is 0 Å². The molecule has 2 heterocycles. The Hall–Kier alpha value is -0.120. The summed E-state index contributed by atoms with van der Waals surface area (Å²) in [5.41, 5.74) is 0. The Balaban J connectivity index is 1.69. The molecule has 0 bridgehead atoms. The molecule has 2 unspecified atom stereocenters. The first-order valence-electron chi connectivity index (χ1n) is 8.36. The minimum atomic E-state index is 0.772. The van der Waals surface area contributed by atoms with Crippen LogP contribution in [0.4, 0.5) is 0 Å². The Morgan fingerprint density at radius 3 is 2.74 bits per heavy atom. The third-order valence-electron chi connectivity index (χ3n) is 4.75. The average Bonchev–Trinajstić information content (AvgIpc) is 2.87. The number of likely N-dealkylation sites (tertiary alicyclic amines) is 2. The SMILES string of the molecule is CCN1CCCC(N2CCC(CNCC(C)C)C2)C1. The van der Waals surface area contributed by atoms with Gasteiger partial charge in [0, 0.05) is 19.1 Å². The molecule has 2 saturated heterocycles. The molecular weight excluding hydrogens is 234 g/mol. The maximum Gasteiger partial charge on any atom is 0.0223 e. The molecule has 0 spiro atoms. The van der Waals surface area contributed by atoms with Crippen molar-refractivity contribution in [3.8, 4) is 0 Å². The van der Waals surface area contributed by atoms with E-state index >= 15 is 0 Å². The Morgan fingerprint density at radius 1 is 1.16 bits per heavy atom. The molecule has 19 heavy (non-hydrogen) atoms. The van der Waals surface area contributed by atoms with E-state index in [1.165, 1.54) is 65.1 Å². The van der Waals surface area contributed by atoms with Crippen LogP contribution in [0, 0.1) is 11.8 Å². The van der Waals surface area contributed by atoms with Gasteiger partial charge in [-0.05, 0) is 63.8 Å². The highest BCUT2D eigenvalue weighted by molar-refractivity contribution is 4.86. The number of piperidine rings is 1. The third kappa shape index (κ3) is 4.73. The summed E-state index contributed by atoms with van der Waals surface area (Å²) in [4.78, 5) is 5.39. The molecule has 2 rings (SSSR count). The molecular formula is C16H33N3. The normalized spacial score (nSPS) is 30.3. The predicted octanol–water partition coefficient (Wildman–Crippen LogP) is 2.04. The van der Waals surface area contributed by atoms with Crippen molar-refractivity contribution in [3.05, 3.63) is 0 Å². The molecule has 2 aliphatic rings. The van der Waals surface area contributed by atoms with Crippen LogP contribution < -0.4 is 5.32 Å². The van der Waals surface area contributed by atoms with Gasteiger partial charge in [-0.15, -0.1) is 0 Å². The largest absolute Gasteiger partial charge is 0.316 e. The van der Waals surface area contributed by atoms with E-state index in [2.05, 4.69) is 35.9 Å². The van der Waals surface area contributed by atoms with Crippen LogP contribution in [0.1, 0.15) is 40.0 Å². The van der Waals surface area contributed by atoms with Gasteiger partial charge in [0.1, 0.15) is 0 Å². The van der Waals surface area contributed by atoms with E-state index in [-0.39, 0.29) is 0 Å². The third-order valence-corrected chi connectivity index (χ3v) is 4.75. The number of hydrogen-bond donors (Lipinski definition) is 1. The van der Waals surface area contributed by atoms with Crippen LogP contribution >= 0.6 is 0 Å². The van der Waals surface area contributed by atoms with Gasteiger partial charge in [0.25, 0.3) is 0 Å². The van der Waals surface area contributed by atoms with Crippen LogP contribution in [0.25, 0.3) is 0 Å². The second kappa shape index (κ2) is 7.61. The van der Waals surface area contributed by atoms with Gasteiger partial charge in [0.15, 0.2) is 0 Å². The highest BCUT2D eigenvalue weighted by Crippen LogP contribution is 2.23. The molecule has 3 nitrogen and oxygen atoms in total. The van der Waals surface area contributed by atoms with E-state index in [1.54, 1.807) is 0 Å². The first-order valence-corrected chi connectivity index (χ1v) is 8.36. The summed E-state index contributed by atoms with van der Waals surface area (Å²) in [5.74, 6) is 1.66. The molecule has 0 aromatic rings. The van der Waals surface area contributed by atoms with Gasteiger partial charge >= 0.3 is 0 Å². The minimum absolute atomic E-state index is 0.772. The number of rotatable bonds is 6. The topological polar surface area (TPSA) is 18.5 Å². The highest BCUT2D eigenvalue weighted by atomic mass is 15.2. The summed E-state index contributed by atoms with van der Waals surface area (Å²) < 4.78 is 0. The van der Waals surface area contributed by atoms with Crippen molar-refractivity contribution in [2.24, 2.45) is 11.8 Å². The van der Waals surface area contributed by atoms with Gasteiger partial charge in [-0.1, -0.05) is 20.8 Å². The molecule has 2 aliphatic heterocycles. The molecule has 0 aromatic heterocycles. The van der Waals surface area contributed by atoms with Crippen molar-refractivity contribution in [2.45, 2.75) is 46.1 Å². The number of nitrogens with zero attached hydrogens (tertiary/aromatic N) is 2. The molecule has 3 heteroatoms. The molecule has 0 aromatic carbocycles. The van der Waals surface area contributed by atoms with Crippen molar-refractivity contribution in [3.63, 3.8) is 0 Å². The molecule has 0 aliphatic carbocycles. The zero-order valence-electron chi connectivity index (χ0n) is 13.2. The summed E-state index contributed by atoms with van der Waals surface area (Å²) in [6, 6.07) is 0.837. The summed E-state index contributed by atoms with van der Waals surface area (Å²) in [6.45, 7) is 15.8. The van der Waals surface area contributed by atoms with Gasteiger partial charge in [0.2, 0.25) is 0 Å². The van der Waals surface area contributed by atoms with Gasteiger partial charge < -0.3 is 10.2 Å². The fourth-order valence-corrected chi connectivity index (χ4v) is 3.55. The Labute approximate surface area is 119 Å². The smallest absolute Gasteiger partial charge is 0.0223 e. The van der Waals surface area contributed by atoms with E-state index in [0.717, 1.165) is 17.9 Å². The van der Waals surface area contributed by atoms with Crippen molar-refractivity contribution in [1.82, 2.24) is 15.1 Å². The fraction of sp³-hybridized carbons (Fsp3) is 1.00. The van der Waals surface area contributed by atoms with Crippen LogP contribution in [0.2, 0.25) is 0 Å². The van der Waals surface area contributed by atoms with Gasteiger partial charge in [0.05, 0.1) is 0 Å². The molecule has 0 saturated carbocycles. The summed E-state index contributed by atoms with van der Waals surface area (Å²) in [5, 5.41) is 3.63. The second-order valence-corrected chi connectivity index (χ2v) is 6.89. The van der Waals surface area contributed by atoms with E-state index in [0.29, 0.717) is 0 Å². The van der Waals surface area contributed by atoms with Crippen LogP contribution in [-0.4, -0.2) is 61.7 Å². The zero-order chi connectivity index (χ0) is 13.7. The maximum atomic E-state index is 3.63. The second-order valence-electron chi connectivity index (χ2n) is 6.89. The first kappa shape index (κ1) is 15.3. The Bertz CT molecular complexity index is 254. The average molecular weight is 267 g/mol. The van der Waals surface area contributed by atoms with Crippen LogP contribution in [0.3, 0.4) is 0 Å². The zero-order valence-corrected chi connectivity index (χ0v) is 13.2. The molecule has 0 radical (unpaired) electrons. The lowest BCUT2D eigenvalue weighted by atomic mass is 10.0. The highest BCUT2D eigenvalue weighted by Gasteiger charge is 2.30. The van der Waals surface area contributed by atoms with Gasteiger partial charge in [-0.25, -0.2) is 0 Å². The Kier molecular flexibility index (Phi) is 6.11. The number of likely N-dealkylation sites (N-methyl/N-ethyl adjacent to an activating group) is 1. The minimum Gasteiger partial charge on any atom is -0.316 e. The lowest BCUT2D eigenvalue weighted by Crippen LogP contribution is -2.47. The molecule has 0 amide bonds. The summed E-state index contributed by atoms with van der Waals surface area (Å²) >= 11 is 0. The lowest BCUT2D eigenvalue weighted by Gasteiger charge is -2.37. The van der Waals surface area contributed by atoms with Crippen molar-refractivity contribution < 1.29 is 0 Å². The van der Waals surface area contributed by atoms with E-state index in [9.17, 15) is 0 Å². The number of hydrogen-bond acceptors (Lipinski definition) is 3. The van der Waals surface area contributed by atoms with E-state index in [1.807, 2.05) is 0 Å². The molecule has 1 N–H and O–H groups in total. The van der Waals surface area contributed by atoms with Crippen LogP contribution in [0.15, 0.2) is 0 Å². The summed E-state index contributed by atoms with van der Waals surface area (Å²) in [7, 11) is 0. The maximum absolute atomic E-state index is 3.63. The van der Waals surface area contributed by atoms with Gasteiger partial charge in [-0.2, -0.15) is 0 Å². The quantitative estimate of drug-likeness (QED) is 0.794. The van der Waals surface area contributed by atoms with Crippen LogP contribution in [0.5, 0.6) is 0 Å². The molecule has 2 fully saturated rings. The summed E-state index contributed by atoms with van der Waals surface area (Å²) in [6.07, 6.45) is 4.21. The first-order chi connectivity index (χ1) is 9.19. The lowest BCUT2D eigenvalue weighted by molar-refractivity contribution is 0.116. The van der Waals surface area contributed by atoms with Crippen LogP contribution in [-0.2, 0) is 0 Å². The molecule has 2 atom stereocenters.